The number of nitrogens with one attached hydrogen (secondary N) is 1. The number of hydrogen-bond acceptors (Lipinski definition) is 3. The van der Waals surface area contributed by atoms with E-state index in [0.717, 1.165) is 23.0 Å². The Morgan fingerprint density at radius 3 is 2.46 bits per heavy atom. The monoisotopic (exact) mass is 387 g/mol. The molecule has 2 heterocycles. The lowest BCUT2D eigenvalue weighted by Crippen LogP contribution is -2.57. The number of para-hydroxylation sites is 1. The molecule has 1 aromatic heterocycles. The van der Waals surface area contributed by atoms with Crippen molar-refractivity contribution in [3.63, 3.8) is 0 Å². The third-order valence-corrected chi connectivity index (χ3v) is 4.46. The van der Waals surface area contributed by atoms with E-state index in [1.807, 2.05) is 30.3 Å². The summed E-state index contributed by atoms with van der Waals surface area (Å²) < 4.78 is 43.5. The molecule has 3 aromatic rings. The highest BCUT2D eigenvalue weighted by molar-refractivity contribution is 5.90. The lowest BCUT2D eigenvalue weighted by Gasteiger charge is -2.38. The van der Waals surface area contributed by atoms with Crippen LogP contribution in [-0.4, -0.2) is 35.1 Å². The number of carbonyl (C=O) groups excluding carboxylic acids is 1. The average Bonchev–Trinajstić information content (AvgIpc) is 2.64. The zero-order chi connectivity index (χ0) is 19.7. The maximum absolute atomic E-state index is 12.6. The Morgan fingerprint density at radius 1 is 1.04 bits per heavy atom. The summed E-state index contributed by atoms with van der Waals surface area (Å²) in [5.41, 5.74) is 0.376. The van der Waals surface area contributed by atoms with Crippen molar-refractivity contribution >= 4 is 22.6 Å². The van der Waals surface area contributed by atoms with E-state index in [0.29, 0.717) is 24.7 Å². The molecule has 0 aliphatic carbocycles. The standard InChI is InChI=1S/C20H16F3N3O2/c21-20(22,23)14-6-8-15(9-7-14)24-19(27)26-11-16(12-26)28-18-10-5-13-3-1-2-4-17(13)25-18/h1-10,16H,11-12H2,(H,24,27). The van der Waals surface area contributed by atoms with Crippen molar-refractivity contribution in [1.29, 1.82) is 0 Å². The first-order chi connectivity index (χ1) is 13.4. The molecule has 0 saturated carbocycles. The quantitative estimate of drug-likeness (QED) is 0.717. The van der Waals surface area contributed by atoms with E-state index in [9.17, 15) is 18.0 Å². The highest BCUT2D eigenvalue weighted by Gasteiger charge is 2.33. The second kappa shape index (κ2) is 7.03. The van der Waals surface area contributed by atoms with Gasteiger partial charge in [0.1, 0.15) is 6.10 Å². The molecule has 28 heavy (non-hydrogen) atoms. The van der Waals surface area contributed by atoms with Gasteiger partial charge in [0.2, 0.25) is 5.88 Å². The van der Waals surface area contributed by atoms with Gasteiger partial charge >= 0.3 is 12.2 Å². The van der Waals surface area contributed by atoms with Crippen LogP contribution in [0.2, 0.25) is 0 Å². The van der Waals surface area contributed by atoms with Crippen LogP contribution in [0.4, 0.5) is 23.7 Å². The van der Waals surface area contributed by atoms with Crippen molar-refractivity contribution in [2.75, 3.05) is 18.4 Å². The number of alkyl halides is 3. The summed E-state index contributed by atoms with van der Waals surface area (Å²) >= 11 is 0. The van der Waals surface area contributed by atoms with Crippen molar-refractivity contribution in [3.8, 4) is 5.88 Å². The molecule has 0 bridgehead atoms. The number of urea groups is 1. The van der Waals surface area contributed by atoms with Crippen LogP contribution in [0, 0.1) is 0 Å². The number of anilines is 1. The number of pyridine rings is 1. The van der Waals surface area contributed by atoms with Crippen molar-refractivity contribution in [2.24, 2.45) is 0 Å². The van der Waals surface area contributed by atoms with E-state index in [2.05, 4.69) is 10.3 Å². The maximum atomic E-state index is 12.6. The number of amides is 2. The van der Waals surface area contributed by atoms with E-state index in [4.69, 9.17) is 4.74 Å². The van der Waals surface area contributed by atoms with Gasteiger partial charge in [-0.2, -0.15) is 13.2 Å². The SMILES string of the molecule is O=C(Nc1ccc(C(F)(F)F)cc1)N1CC(Oc2ccc3ccccc3n2)C1. The van der Waals surface area contributed by atoms with Gasteiger partial charge in [0.05, 0.1) is 24.2 Å². The number of fused-ring (bicyclic) bond motifs is 1. The summed E-state index contributed by atoms with van der Waals surface area (Å²) in [6.07, 6.45) is -4.58. The second-order valence-electron chi connectivity index (χ2n) is 6.49. The normalized spacial score (nSPS) is 14.6. The fourth-order valence-corrected chi connectivity index (χ4v) is 2.91. The van der Waals surface area contributed by atoms with Crippen LogP contribution < -0.4 is 10.1 Å². The largest absolute Gasteiger partial charge is 0.471 e. The van der Waals surface area contributed by atoms with Gasteiger partial charge < -0.3 is 15.0 Å². The van der Waals surface area contributed by atoms with Crippen molar-refractivity contribution in [3.05, 3.63) is 66.2 Å². The number of carbonyl (C=O) groups is 1. The molecule has 1 aliphatic heterocycles. The maximum Gasteiger partial charge on any atom is 0.416 e. The smallest absolute Gasteiger partial charge is 0.416 e. The van der Waals surface area contributed by atoms with E-state index in [1.165, 1.54) is 17.0 Å². The first-order valence-corrected chi connectivity index (χ1v) is 8.64. The van der Waals surface area contributed by atoms with Crippen LogP contribution in [0.15, 0.2) is 60.7 Å². The molecule has 144 valence electrons. The Morgan fingerprint density at radius 2 is 1.75 bits per heavy atom. The summed E-state index contributed by atoms with van der Waals surface area (Å²) in [7, 11) is 0. The number of halogens is 3. The molecule has 8 heteroatoms. The number of nitrogens with zero attached hydrogens (tertiary/aromatic N) is 2. The molecular formula is C20H16F3N3O2. The first-order valence-electron chi connectivity index (χ1n) is 8.64. The van der Waals surface area contributed by atoms with Gasteiger partial charge in [-0.1, -0.05) is 18.2 Å². The summed E-state index contributed by atoms with van der Waals surface area (Å²) in [6, 6.07) is 15.3. The number of aromatic nitrogens is 1. The molecule has 0 unspecified atom stereocenters. The zero-order valence-electron chi connectivity index (χ0n) is 14.6. The Kier molecular flexibility index (Phi) is 4.54. The minimum Gasteiger partial charge on any atom is -0.471 e. The van der Waals surface area contributed by atoms with E-state index >= 15 is 0 Å². The number of ether oxygens (including phenoxy) is 1. The minimum absolute atomic E-state index is 0.174. The van der Waals surface area contributed by atoms with Crippen LogP contribution in [0.5, 0.6) is 5.88 Å². The fraction of sp³-hybridized carbons (Fsp3) is 0.200. The predicted octanol–water partition coefficient (Wildman–Crippen LogP) is 4.55. The lowest BCUT2D eigenvalue weighted by atomic mass is 10.1. The Labute approximate surface area is 158 Å². The molecule has 0 radical (unpaired) electrons. The molecule has 2 amide bonds. The molecule has 5 nitrogen and oxygen atoms in total. The molecule has 1 saturated heterocycles. The Hall–Kier alpha value is -3.29. The number of rotatable bonds is 3. The molecular weight excluding hydrogens is 371 g/mol. The summed E-state index contributed by atoms with van der Waals surface area (Å²) in [6.45, 7) is 0.752. The van der Waals surface area contributed by atoms with E-state index in [1.54, 1.807) is 6.07 Å². The van der Waals surface area contributed by atoms with Gasteiger partial charge in [0.25, 0.3) is 0 Å². The molecule has 0 atom stereocenters. The molecule has 4 rings (SSSR count). The van der Waals surface area contributed by atoms with Crippen LogP contribution >= 0.6 is 0 Å². The van der Waals surface area contributed by atoms with Gasteiger partial charge in [-0.25, -0.2) is 9.78 Å². The van der Waals surface area contributed by atoms with Gasteiger partial charge in [0.15, 0.2) is 0 Å². The Balaban J connectivity index is 1.30. The second-order valence-corrected chi connectivity index (χ2v) is 6.49. The lowest BCUT2D eigenvalue weighted by molar-refractivity contribution is -0.137. The van der Waals surface area contributed by atoms with Gasteiger partial charge in [-0.15, -0.1) is 0 Å². The highest BCUT2D eigenvalue weighted by Crippen LogP contribution is 2.30. The van der Waals surface area contributed by atoms with Crippen LogP contribution in [0.3, 0.4) is 0 Å². The number of benzene rings is 2. The first kappa shape index (κ1) is 18.1. The predicted molar refractivity (Wildman–Crippen MR) is 98.2 cm³/mol. The fourth-order valence-electron chi connectivity index (χ4n) is 2.91. The molecule has 1 N–H and O–H groups in total. The topological polar surface area (TPSA) is 54.5 Å². The number of likely N-dealkylation sites (tertiary alicyclic amines) is 1. The van der Waals surface area contributed by atoms with Crippen LogP contribution in [-0.2, 0) is 6.18 Å². The van der Waals surface area contributed by atoms with Crippen molar-refractivity contribution < 1.29 is 22.7 Å². The van der Waals surface area contributed by atoms with E-state index < -0.39 is 11.7 Å². The minimum atomic E-state index is -4.40. The molecule has 1 fully saturated rings. The molecule has 2 aromatic carbocycles. The van der Waals surface area contributed by atoms with Gasteiger partial charge in [-0.05, 0) is 36.4 Å². The number of hydrogen-bond donors (Lipinski definition) is 1. The Bertz CT molecular complexity index is 999. The van der Waals surface area contributed by atoms with E-state index in [-0.39, 0.29) is 12.1 Å². The summed E-state index contributed by atoms with van der Waals surface area (Å²) in [4.78, 5) is 18.1. The van der Waals surface area contributed by atoms with Crippen molar-refractivity contribution in [1.82, 2.24) is 9.88 Å². The van der Waals surface area contributed by atoms with Gasteiger partial charge in [0, 0.05) is 17.1 Å². The molecule has 0 spiro atoms. The summed E-state index contributed by atoms with van der Waals surface area (Å²) in [5.74, 6) is 0.492. The zero-order valence-corrected chi connectivity index (χ0v) is 14.6. The highest BCUT2D eigenvalue weighted by atomic mass is 19.4. The summed E-state index contributed by atoms with van der Waals surface area (Å²) in [5, 5.41) is 3.59. The van der Waals surface area contributed by atoms with Gasteiger partial charge in [-0.3, -0.25) is 0 Å². The van der Waals surface area contributed by atoms with Crippen LogP contribution in [0.1, 0.15) is 5.56 Å². The third-order valence-electron chi connectivity index (χ3n) is 4.46. The average molecular weight is 387 g/mol. The van der Waals surface area contributed by atoms with Crippen molar-refractivity contribution in [2.45, 2.75) is 12.3 Å². The third kappa shape index (κ3) is 3.85. The molecule has 1 aliphatic rings. The van der Waals surface area contributed by atoms with Crippen LogP contribution in [0.25, 0.3) is 10.9 Å².